The van der Waals surface area contributed by atoms with Crippen molar-refractivity contribution in [3.63, 3.8) is 0 Å². The summed E-state index contributed by atoms with van der Waals surface area (Å²) in [6.45, 7) is 0. The minimum absolute atomic E-state index is 0.113. The summed E-state index contributed by atoms with van der Waals surface area (Å²) in [5.41, 5.74) is 0.387. The van der Waals surface area contributed by atoms with Gasteiger partial charge in [-0.25, -0.2) is 9.97 Å². The first kappa shape index (κ1) is 14.3. The Morgan fingerprint density at radius 2 is 1.95 bits per heavy atom. The Morgan fingerprint density at radius 3 is 2.52 bits per heavy atom. The molecule has 0 aromatic carbocycles. The average molecular weight is 289 g/mol. The van der Waals surface area contributed by atoms with Gasteiger partial charge in [0.05, 0.1) is 12.4 Å². The van der Waals surface area contributed by atoms with Gasteiger partial charge in [-0.2, -0.15) is 0 Å². The van der Waals surface area contributed by atoms with Crippen molar-refractivity contribution in [1.82, 2.24) is 20.2 Å². The lowest BCUT2D eigenvalue weighted by Crippen LogP contribution is -2.55. The van der Waals surface area contributed by atoms with E-state index in [9.17, 15) is 4.79 Å². The number of nitrogens with zero attached hydrogens (tertiary/aromatic N) is 3. The van der Waals surface area contributed by atoms with Gasteiger partial charge in [-0.3, -0.25) is 4.79 Å². The van der Waals surface area contributed by atoms with Crippen LogP contribution in [-0.4, -0.2) is 53.0 Å². The molecule has 6 nitrogen and oxygen atoms in total. The molecule has 2 aliphatic rings. The zero-order valence-electron chi connectivity index (χ0n) is 12.7. The van der Waals surface area contributed by atoms with Gasteiger partial charge in [-0.15, -0.1) is 0 Å². The first-order valence-electron chi connectivity index (χ1n) is 7.70. The molecule has 0 radical (unpaired) electrons. The van der Waals surface area contributed by atoms with E-state index >= 15 is 0 Å². The molecule has 6 heteroatoms. The van der Waals surface area contributed by atoms with Crippen LogP contribution in [0.5, 0.6) is 0 Å². The van der Waals surface area contributed by atoms with Crippen LogP contribution in [0, 0.1) is 0 Å². The van der Waals surface area contributed by atoms with Crippen molar-refractivity contribution >= 4 is 11.7 Å². The van der Waals surface area contributed by atoms with Crippen molar-refractivity contribution in [2.24, 2.45) is 0 Å². The molecule has 1 aromatic rings. The predicted octanol–water partition coefficient (Wildman–Crippen LogP) is 1.26. The number of nitrogens with one attached hydrogen (secondary N) is 2. The van der Waals surface area contributed by atoms with Crippen molar-refractivity contribution in [3.05, 3.63) is 18.1 Å². The van der Waals surface area contributed by atoms with Crippen LogP contribution in [0.25, 0.3) is 0 Å². The van der Waals surface area contributed by atoms with Gasteiger partial charge >= 0.3 is 0 Å². The molecular weight excluding hydrogens is 266 g/mol. The van der Waals surface area contributed by atoms with Crippen LogP contribution in [0.2, 0.25) is 0 Å². The van der Waals surface area contributed by atoms with Crippen LogP contribution in [0.1, 0.15) is 42.6 Å². The van der Waals surface area contributed by atoms with Crippen molar-refractivity contribution < 1.29 is 4.79 Å². The second-order valence-electron chi connectivity index (χ2n) is 6.08. The fourth-order valence-corrected chi connectivity index (χ4v) is 3.57. The molecule has 1 aromatic heterocycles. The fraction of sp³-hybridized carbons (Fsp3) is 0.667. The van der Waals surface area contributed by atoms with Gasteiger partial charge < -0.3 is 15.5 Å². The SMILES string of the molecule is CNc1cnc(C(=O)NC2CC3CCCC(C2)N3C)cn1. The molecule has 3 heterocycles. The van der Waals surface area contributed by atoms with Crippen molar-refractivity contribution in [3.8, 4) is 0 Å². The number of hydrogen-bond acceptors (Lipinski definition) is 5. The molecule has 3 rings (SSSR count). The van der Waals surface area contributed by atoms with Crippen LogP contribution in [0.3, 0.4) is 0 Å². The summed E-state index contributed by atoms with van der Waals surface area (Å²) < 4.78 is 0. The summed E-state index contributed by atoms with van der Waals surface area (Å²) in [4.78, 5) is 23.1. The number of hydrogen-bond donors (Lipinski definition) is 2. The molecule has 21 heavy (non-hydrogen) atoms. The summed E-state index contributed by atoms with van der Waals surface area (Å²) in [5.74, 6) is 0.554. The number of piperidine rings is 2. The number of anilines is 1. The molecule has 0 aliphatic carbocycles. The van der Waals surface area contributed by atoms with E-state index in [0.29, 0.717) is 23.6 Å². The number of rotatable bonds is 3. The highest BCUT2D eigenvalue weighted by Gasteiger charge is 2.36. The van der Waals surface area contributed by atoms with Gasteiger partial charge in [-0.05, 0) is 32.7 Å². The molecule has 2 atom stereocenters. The molecule has 2 bridgehead atoms. The molecule has 1 amide bonds. The number of aromatic nitrogens is 2. The zero-order chi connectivity index (χ0) is 14.8. The van der Waals surface area contributed by atoms with E-state index in [1.807, 2.05) is 0 Å². The van der Waals surface area contributed by atoms with Gasteiger partial charge in [0.2, 0.25) is 0 Å². The van der Waals surface area contributed by atoms with E-state index < -0.39 is 0 Å². The molecule has 2 unspecified atom stereocenters. The van der Waals surface area contributed by atoms with Gasteiger partial charge in [-0.1, -0.05) is 6.42 Å². The average Bonchev–Trinajstić information content (AvgIpc) is 2.48. The van der Waals surface area contributed by atoms with E-state index in [1.165, 1.54) is 25.5 Å². The molecule has 2 N–H and O–H groups in total. The fourth-order valence-electron chi connectivity index (χ4n) is 3.57. The van der Waals surface area contributed by atoms with Crippen molar-refractivity contribution in [2.75, 3.05) is 19.4 Å². The van der Waals surface area contributed by atoms with Gasteiger partial charge in [0, 0.05) is 25.2 Å². The number of carbonyl (C=O) groups is 1. The Kier molecular flexibility index (Phi) is 4.05. The van der Waals surface area contributed by atoms with Crippen LogP contribution >= 0.6 is 0 Å². The maximum absolute atomic E-state index is 12.3. The molecule has 2 fully saturated rings. The van der Waals surface area contributed by atoms with E-state index in [-0.39, 0.29) is 11.9 Å². The van der Waals surface area contributed by atoms with E-state index in [1.54, 1.807) is 13.2 Å². The number of carbonyl (C=O) groups excluding carboxylic acids is 1. The highest BCUT2D eigenvalue weighted by atomic mass is 16.1. The summed E-state index contributed by atoms with van der Waals surface area (Å²) in [6, 6.07) is 1.48. The third kappa shape index (κ3) is 3.00. The Balaban J connectivity index is 1.62. The first-order valence-corrected chi connectivity index (χ1v) is 7.70. The van der Waals surface area contributed by atoms with Crippen molar-refractivity contribution in [1.29, 1.82) is 0 Å². The highest BCUT2D eigenvalue weighted by Crippen LogP contribution is 2.32. The van der Waals surface area contributed by atoms with Crippen molar-refractivity contribution in [2.45, 2.75) is 50.2 Å². The predicted molar refractivity (Wildman–Crippen MR) is 81.3 cm³/mol. The standard InChI is InChI=1S/C15H23N5O/c1-16-14-9-17-13(8-18-14)15(21)19-10-6-11-4-3-5-12(7-10)20(11)2/h8-12H,3-7H2,1-2H3,(H,16,18)(H,19,21). The highest BCUT2D eigenvalue weighted by molar-refractivity contribution is 5.92. The summed E-state index contributed by atoms with van der Waals surface area (Å²) >= 11 is 0. The Labute approximate surface area is 125 Å². The summed E-state index contributed by atoms with van der Waals surface area (Å²) in [5, 5.41) is 6.03. The molecule has 0 spiro atoms. The third-order valence-electron chi connectivity index (χ3n) is 4.82. The van der Waals surface area contributed by atoms with Crippen LogP contribution in [0.15, 0.2) is 12.4 Å². The van der Waals surface area contributed by atoms with E-state index in [0.717, 1.165) is 12.8 Å². The zero-order valence-corrected chi connectivity index (χ0v) is 12.7. The van der Waals surface area contributed by atoms with Gasteiger partial charge in [0.15, 0.2) is 0 Å². The Hall–Kier alpha value is -1.69. The molecule has 2 aliphatic heterocycles. The minimum Gasteiger partial charge on any atom is -0.372 e. The molecule has 0 saturated carbocycles. The largest absolute Gasteiger partial charge is 0.372 e. The topological polar surface area (TPSA) is 70.2 Å². The van der Waals surface area contributed by atoms with Gasteiger partial charge in [0.1, 0.15) is 11.5 Å². The molecular formula is C15H23N5O. The molecule has 114 valence electrons. The maximum atomic E-state index is 12.3. The van der Waals surface area contributed by atoms with E-state index in [4.69, 9.17) is 0 Å². The lowest BCUT2D eigenvalue weighted by atomic mass is 9.82. The monoisotopic (exact) mass is 289 g/mol. The van der Waals surface area contributed by atoms with Gasteiger partial charge in [0.25, 0.3) is 5.91 Å². The smallest absolute Gasteiger partial charge is 0.271 e. The number of amides is 1. The second kappa shape index (κ2) is 5.97. The van der Waals surface area contributed by atoms with Crippen LogP contribution < -0.4 is 10.6 Å². The van der Waals surface area contributed by atoms with E-state index in [2.05, 4.69) is 32.5 Å². The maximum Gasteiger partial charge on any atom is 0.271 e. The first-order chi connectivity index (χ1) is 10.2. The Bertz CT molecular complexity index is 489. The number of fused-ring (bicyclic) bond motifs is 2. The quantitative estimate of drug-likeness (QED) is 0.877. The normalized spacial score (nSPS) is 29.0. The van der Waals surface area contributed by atoms with Crippen LogP contribution in [-0.2, 0) is 0 Å². The lowest BCUT2D eigenvalue weighted by Gasteiger charge is -2.47. The van der Waals surface area contributed by atoms with Crippen LogP contribution in [0.4, 0.5) is 5.82 Å². The molecule has 2 saturated heterocycles. The minimum atomic E-state index is -0.113. The summed E-state index contributed by atoms with van der Waals surface area (Å²) in [7, 11) is 4.00. The summed E-state index contributed by atoms with van der Waals surface area (Å²) in [6.07, 6.45) is 9.00. The lowest BCUT2D eigenvalue weighted by molar-refractivity contribution is 0.0462. The Morgan fingerprint density at radius 1 is 1.24 bits per heavy atom. The second-order valence-corrected chi connectivity index (χ2v) is 6.08. The third-order valence-corrected chi connectivity index (χ3v) is 4.82.